The van der Waals surface area contributed by atoms with Crippen LogP contribution in [0.1, 0.15) is 22.0 Å². The zero-order chi connectivity index (χ0) is 15.9. The number of rotatable bonds is 2. The van der Waals surface area contributed by atoms with Gasteiger partial charge in [0.2, 0.25) is 0 Å². The third-order valence-electron chi connectivity index (χ3n) is 4.84. The predicted molar refractivity (Wildman–Crippen MR) is 82.1 cm³/mol. The Balaban J connectivity index is 1.67. The number of hydrogen-bond acceptors (Lipinski definition) is 5. The van der Waals surface area contributed by atoms with Crippen LogP contribution in [0, 0.1) is 5.41 Å². The first-order valence-electron chi connectivity index (χ1n) is 7.61. The SMILES string of the molecule is O=C(c1cnccn1)N1C[C@H]2c3ccccc3OC[C@@]2(CO)C1. The summed E-state index contributed by atoms with van der Waals surface area (Å²) in [6.07, 6.45) is 4.52. The molecule has 2 atom stereocenters. The number of hydrogen-bond donors (Lipinski definition) is 1. The Hall–Kier alpha value is -2.47. The Morgan fingerprint density at radius 1 is 1.39 bits per heavy atom. The third kappa shape index (κ3) is 2.17. The summed E-state index contributed by atoms with van der Waals surface area (Å²) in [4.78, 5) is 22.5. The van der Waals surface area contributed by atoms with E-state index < -0.39 is 5.41 Å². The summed E-state index contributed by atoms with van der Waals surface area (Å²) in [7, 11) is 0. The van der Waals surface area contributed by atoms with Gasteiger partial charge in [0.05, 0.1) is 24.8 Å². The van der Waals surface area contributed by atoms with Gasteiger partial charge in [-0.05, 0) is 11.6 Å². The molecule has 2 aromatic rings. The van der Waals surface area contributed by atoms with Gasteiger partial charge in [-0.25, -0.2) is 4.98 Å². The van der Waals surface area contributed by atoms with E-state index in [0.717, 1.165) is 11.3 Å². The quantitative estimate of drug-likeness (QED) is 0.898. The predicted octanol–water partition coefficient (Wildman–Crippen LogP) is 1.09. The van der Waals surface area contributed by atoms with Crippen molar-refractivity contribution in [3.63, 3.8) is 0 Å². The van der Waals surface area contributed by atoms with Gasteiger partial charge < -0.3 is 14.7 Å². The van der Waals surface area contributed by atoms with Crippen molar-refractivity contribution < 1.29 is 14.6 Å². The van der Waals surface area contributed by atoms with Crippen molar-refractivity contribution in [3.05, 3.63) is 54.1 Å². The number of aliphatic hydroxyl groups is 1. The van der Waals surface area contributed by atoms with Crippen molar-refractivity contribution in [2.45, 2.75) is 5.92 Å². The number of carbonyl (C=O) groups excluding carboxylic acids is 1. The van der Waals surface area contributed by atoms with Crippen molar-refractivity contribution in [1.29, 1.82) is 0 Å². The van der Waals surface area contributed by atoms with E-state index in [1.54, 1.807) is 11.1 Å². The average molecular weight is 311 g/mol. The number of para-hydroxylation sites is 1. The molecule has 1 aromatic carbocycles. The molecule has 0 bridgehead atoms. The Labute approximate surface area is 133 Å². The van der Waals surface area contributed by atoms with Crippen molar-refractivity contribution >= 4 is 5.91 Å². The molecule has 1 amide bonds. The van der Waals surface area contributed by atoms with Gasteiger partial charge in [0.25, 0.3) is 5.91 Å². The second kappa shape index (κ2) is 5.31. The minimum atomic E-state index is -0.452. The van der Waals surface area contributed by atoms with Crippen LogP contribution in [-0.4, -0.2) is 52.2 Å². The number of benzene rings is 1. The molecule has 2 aliphatic heterocycles. The molecule has 0 saturated carbocycles. The second-order valence-electron chi connectivity index (χ2n) is 6.18. The van der Waals surface area contributed by atoms with Crippen LogP contribution in [0.15, 0.2) is 42.9 Å². The first-order valence-corrected chi connectivity index (χ1v) is 7.61. The number of likely N-dealkylation sites (tertiary alicyclic amines) is 1. The summed E-state index contributed by atoms with van der Waals surface area (Å²) >= 11 is 0. The molecule has 1 fully saturated rings. The van der Waals surface area contributed by atoms with Crippen LogP contribution >= 0.6 is 0 Å². The molecule has 3 heterocycles. The molecule has 1 aromatic heterocycles. The lowest BCUT2D eigenvalue weighted by molar-refractivity contribution is 0.0439. The highest BCUT2D eigenvalue weighted by Gasteiger charge is 2.52. The van der Waals surface area contributed by atoms with Crippen molar-refractivity contribution in [2.75, 3.05) is 26.3 Å². The van der Waals surface area contributed by atoms with E-state index in [2.05, 4.69) is 9.97 Å². The molecule has 2 aliphatic rings. The van der Waals surface area contributed by atoms with E-state index in [1.807, 2.05) is 24.3 Å². The number of aromatic nitrogens is 2. The zero-order valence-electron chi connectivity index (χ0n) is 12.6. The Morgan fingerprint density at radius 3 is 3.04 bits per heavy atom. The molecule has 23 heavy (non-hydrogen) atoms. The first kappa shape index (κ1) is 14.1. The monoisotopic (exact) mass is 311 g/mol. The van der Waals surface area contributed by atoms with Gasteiger partial charge in [-0.2, -0.15) is 0 Å². The fraction of sp³-hybridized carbons (Fsp3) is 0.353. The average Bonchev–Trinajstić information content (AvgIpc) is 3.02. The van der Waals surface area contributed by atoms with Crippen LogP contribution in [0.25, 0.3) is 0 Å². The second-order valence-corrected chi connectivity index (χ2v) is 6.18. The van der Waals surface area contributed by atoms with Crippen LogP contribution in [0.2, 0.25) is 0 Å². The maximum absolute atomic E-state index is 12.7. The number of carbonyl (C=O) groups is 1. The zero-order valence-corrected chi connectivity index (χ0v) is 12.6. The summed E-state index contributed by atoms with van der Waals surface area (Å²) in [5.41, 5.74) is 0.933. The minimum absolute atomic E-state index is 0.0176. The molecule has 1 saturated heterocycles. The number of fused-ring (bicyclic) bond motifs is 3. The van der Waals surface area contributed by atoms with Gasteiger partial charge in [0, 0.05) is 31.4 Å². The maximum atomic E-state index is 12.7. The van der Waals surface area contributed by atoms with E-state index >= 15 is 0 Å². The van der Waals surface area contributed by atoms with E-state index in [1.165, 1.54) is 12.4 Å². The molecule has 6 nitrogen and oxygen atoms in total. The van der Waals surface area contributed by atoms with E-state index in [-0.39, 0.29) is 18.4 Å². The van der Waals surface area contributed by atoms with E-state index in [9.17, 15) is 9.90 Å². The fourth-order valence-corrected chi connectivity index (χ4v) is 3.60. The number of ether oxygens (including phenoxy) is 1. The first-order chi connectivity index (χ1) is 11.2. The lowest BCUT2D eigenvalue weighted by Gasteiger charge is -2.37. The number of aliphatic hydroxyl groups excluding tert-OH is 1. The molecule has 0 aliphatic carbocycles. The number of nitrogens with zero attached hydrogens (tertiary/aromatic N) is 3. The summed E-state index contributed by atoms with van der Waals surface area (Å²) in [5.74, 6) is 0.756. The van der Waals surface area contributed by atoms with Crippen LogP contribution < -0.4 is 4.74 Å². The maximum Gasteiger partial charge on any atom is 0.274 e. The topological polar surface area (TPSA) is 75.6 Å². The molecule has 0 spiro atoms. The van der Waals surface area contributed by atoms with Gasteiger partial charge in [-0.1, -0.05) is 18.2 Å². The van der Waals surface area contributed by atoms with Crippen molar-refractivity contribution in [1.82, 2.24) is 14.9 Å². The largest absolute Gasteiger partial charge is 0.493 e. The standard InChI is InChI=1S/C17H17N3O3/c21-10-17-9-20(16(22)14-7-18-5-6-19-14)8-13(17)12-3-1-2-4-15(12)23-11-17/h1-7,13,21H,8-11H2/t13-,17-/m0/s1. The van der Waals surface area contributed by atoms with Crippen LogP contribution in [0.5, 0.6) is 5.75 Å². The minimum Gasteiger partial charge on any atom is -0.493 e. The summed E-state index contributed by atoms with van der Waals surface area (Å²) in [6.45, 7) is 1.40. The molecular formula is C17H17N3O3. The normalized spacial score (nSPS) is 25.4. The summed E-state index contributed by atoms with van der Waals surface area (Å²) in [5, 5.41) is 10.0. The molecular weight excluding hydrogens is 294 g/mol. The van der Waals surface area contributed by atoms with Crippen LogP contribution in [-0.2, 0) is 0 Å². The van der Waals surface area contributed by atoms with Gasteiger partial charge in [0.1, 0.15) is 11.4 Å². The lowest BCUT2D eigenvalue weighted by atomic mass is 9.74. The van der Waals surface area contributed by atoms with Crippen molar-refractivity contribution in [3.8, 4) is 5.75 Å². The Kier molecular flexibility index (Phi) is 3.27. The highest BCUT2D eigenvalue weighted by molar-refractivity contribution is 5.92. The molecule has 118 valence electrons. The van der Waals surface area contributed by atoms with Crippen LogP contribution in [0.4, 0.5) is 0 Å². The summed E-state index contributed by atoms with van der Waals surface area (Å²) < 4.78 is 5.84. The van der Waals surface area contributed by atoms with Gasteiger partial charge in [-0.15, -0.1) is 0 Å². The van der Waals surface area contributed by atoms with E-state index in [0.29, 0.717) is 25.4 Å². The van der Waals surface area contributed by atoms with Gasteiger partial charge in [-0.3, -0.25) is 9.78 Å². The third-order valence-corrected chi connectivity index (χ3v) is 4.84. The molecule has 6 heteroatoms. The molecule has 0 unspecified atom stereocenters. The Bertz CT molecular complexity index is 737. The Morgan fingerprint density at radius 2 is 2.26 bits per heavy atom. The number of amides is 1. The molecule has 4 rings (SSSR count). The van der Waals surface area contributed by atoms with Crippen molar-refractivity contribution in [2.24, 2.45) is 5.41 Å². The van der Waals surface area contributed by atoms with Gasteiger partial charge in [0.15, 0.2) is 0 Å². The highest BCUT2D eigenvalue weighted by Crippen LogP contribution is 2.49. The van der Waals surface area contributed by atoms with Gasteiger partial charge >= 0.3 is 0 Å². The van der Waals surface area contributed by atoms with Crippen LogP contribution in [0.3, 0.4) is 0 Å². The highest BCUT2D eigenvalue weighted by atomic mass is 16.5. The lowest BCUT2D eigenvalue weighted by Crippen LogP contribution is -2.42. The molecule has 0 radical (unpaired) electrons. The summed E-state index contributed by atoms with van der Waals surface area (Å²) in [6, 6.07) is 7.84. The fourth-order valence-electron chi connectivity index (χ4n) is 3.60. The smallest absolute Gasteiger partial charge is 0.274 e. The molecule has 1 N–H and O–H groups in total. The van der Waals surface area contributed by atoms with E-state index in [4.69, 9.17) is 4.74 Å².